The Balaban J connectivity index is 1.12. The summed E-state index contributed by atoms with van der Waals surface area (Å²) in [6.07, 6.45) is 0. The van der Waals surface area contributed by atoms with Crippen molar-refractivity contribution in [2.24, 2.45) is 0 Å². The molecule has 0 atom stereocenters. The van der Waals surface area contributed by atoms with Gasteiger partial charge in [0.1, 0.15) is 0 Å². The maximum absolute atomic E-state index is 5.41. The largest absolute Gasteiger partial charge is 0.308 e. The molecule has 58 heavy (non-hydrogen) atoms. The second-order valence-electron chi connectivity index (χ2n) is 15.0. The van der Waals surface area contributed by atoms with Crippen LogP contribution >= 0.6 is 0 Å². The van der Waals surface area contributed by atoms with Crippen molar-refractivity contribution in [2.45, 2.75) is 0 Å². The quantitative estimate of drug-likeness (QED) is 0.165. The lowest BCUT2D eigenvalue weighted by molar-refractivity contribution is 0.996. The van der Waals surface area contributed by atoms with Crippen molar-refractivity contribution in [3.8, 4) is 50.7 Å². The number of hydrogen-bond donors (Lipinski definition) is 0. The zero-order valence-electron chi connectivity index (χ0n) is 31.4. The van der Waals surface area contributed by atoms with E-state index >= 15 is 0 Å². The van der Waals surface area contributed by atoms with Gasteiger partial charge in [-0.25, -0.2) is 9.97 Å². The topological polar surface area (TPSA) is 35.1 Å². The first kappa shape index (κ1) is 32.4. The minimum absolute atomic E-state index is 0.633. The molecule has 4 heterocycles. The molecule has 0 fully saturated rings. The van der Waals surface area contributed by atoms with Gasteiger partial charge in [-0.2, -0.15) is 0 Å². The molecule has 0 saturated carbocycles. The Morgan fingerprint density at radius 3 is 1.38 bits per heavy atom. The first-order valence-corrected chi connectivity index (χ1v) is 19.7. The van der Waals surface area contributed by atoms with Gasteiger partial charge in [-0.15, -0.1) is 0 Å². The first-order chi connectivity index (χ1) is 28.8. The molecule has 0 unspecified atom stereocenters. The summed E-state index contributed by atoms with van der Waals surface area (Å²) < 4.78 is 4.73. The predicted molar refractivity (Wildman–Crippen MR) is 242 cm³/mol. The number of nitrogens with zero attached hydrogens (tertiary/aromatic N) is 4. The van der Waals surface area contributed by atoms with E-state index < -0.39 is 0 Å². The van der Waals surface area contributed by atoms with E-state index in [1.165, 1.54) is 65.7 Å². The minimum atomic E-state index is 0.633. The SMILES string of the molecule is c1ccc(-c2ccc(-c3cc(-c4ccc(-c5ccccc5)cc4)nc(-n4c5ccccc5c5c4ccc4cc6c7ccccc7c7ccccc7n6c45)n3)cc2)cc1. The Labute approximate surface area is 334 Å². The molecule has 0 bridgehead atoms. The highest BCUT2D eigenvalue weighted by molar-refractivity contribution is 6.24. The summed E-state index contributed by atoms with van der Waals surface area (Å²) in [6, 6.07) is 73.7. The number of hydrogen-bond acceptors (Lipinski definition) is 2. The maximum atomic E-state index is 5.41. The third-order valence-corrected chi connectivity index (χ3v) is 11.7. The predicted octanol–water partition coefficient (Wildman–Crippen LogP) is 14.0. The smallest absolute Gasteiger partial charge is 0.235 e. The van der Waals surface area contributed by atoms with Crippen molar-refractivity contribution >= 4 is 59.9 Å². The van der Waals surface area contributed by atoms with Crippen molar-refractivity contribution in [1.29, 1.82) is 0 Å². The van der Waals surface area contributed by atoms with E-state index in [1.54, 1.807) is 0 Å². The van der Waals surface area contributed by atoms with Crippen LogP contribution in [0.2, 0.25) is 0 Å². The van der Waals surface area contributed by atoms with Gasteiger partial charge in [-0.05, 0) is 58.0 Å². The highest BCUT2D eigenvalue weighted by atomic mass is 15.2. The van der Waals surface area contributed by atoms with Crippen LogP contribution in [0.5, 0.6) is 0 Å². The third-order valence-electron chi connectivity index (χ3n) is 11.7. The van der Waals surface area contributed by atoms with Crippen molar-refractivity contribution in [1.82, 2.24) is 18.9 Å². The van der Waals surface area contributed by atoms with Crippen LogP contribution in [0, 0.1) is 0 Å². The van der Waals surface area contributed by atoms with Crippen molar-refractivity contribution in [3.05, 3.63) is 206 Å². The fourth-order valence-electron chi connectivity index (χ4n) is 9.01. The monoisotopic (exact) mass is 738 g/mol. The number of fused-ring (bicyclic) bond motifs is 12. The fraction of sp³-hybridized carbons (Fsp3) is 0. The molecule has 0 spiro atoms. The normalized spacial score (nSPS) is 11.8. The van der Waals surface area contributed by atoms with Gasteiger partial charge in [0.25, 0.3) is 0 Å². The van der Waals surface area contributed by atoms with Gasteiger partial charge in [0.15, 0.2) is 0 Å². The summed E-state index contributed by atoms with van der Waals surface area (Å²) in [6.45, 7) is 0. The number of pyridine rings is 1. The van der Waals surface area contributed by atoms with Gasteiger partial charge in [-0.3, -0.25) is 4.57 Å². The standard InChI is InChI=1S/C54H34N4/c1-3-13-35(14-4-1)37-23-27-39(28-24-37)46-34-47(40-29-25-38(26-30-40)36-15-5-2-6-16-36)56-54(55-46)58-49-22-12-10-20-45(49)52-50(58)32-31-41-33-51-44-19-8-7-17-42(44)43-18-9-11-21-48(43)57(51)53(41)52/h1-34H. The Bertz CT molecular complexity index is 3420. The van der Waals surface area contributed by atoms with Crippen molar-refractivity contribution < 1.29 is 0 Å². The van der Waals surface area contributed by atoms with Crippen molar-refractivity contribution in [3.63, 3.8) is 0 Å². The molecule has 270 valence electrons. The lowest BCUT2D eigenvalue weighted by Crippen LogP contribution is -2.04. The number of rotatable bonds is 5. The number of para-hydroxylation sites is 2. The molecule has 8 aromatic carbocycles. The minimum Gasteiger partial charge on any atom is -0.308 e. The Morgan fingerprint density at radius 2 is 0.776 bits per heavy atom. The van der Waals surface area contributed by atoms with Gasteiger partial charge in [0, 0.05) is 38.1 Å². The van der Waals surface area contributed by atoms with Gasteiger partial charge in [0.2, 0.25) is 5.95 Å². The zero-order valence-corrected chi connectivity index (χ0v) is 31.4. The highest BCUT2D eigenvalue weighted by Crippen LogP contribution is 2.41. The van der Waals surface area contributed by atoms with Gasteiger partial charge >= 0.3 is 0 Å². The highest BCUT2D eigenvalue weighted by Gasteiger charge is 2.22. The van der Waals surface area contributed by atoms with Gasteiger partial charge < -0.3 is 4.40 Å². The summed E-state index contributed by atoms with van der Waals surface area (Å²) in [7, 11) is 0. The molecule has 4 aromatic heterocycles. The number of benzene rings is 8. The van der Waals surface area contributed by atoms with Crippen LogP contribution in [0.15, 0.2) is 206 Å². The molecular formula is C54H34N4. The van der Waals surface area contributed by atoms with E-state index in [-0.39, 0.29) is 0 Å². The average Bonchev–Trinajstić information content (AvgIpc) is 3.86. The average molecular weight is 739 g/mol. The molecule has 4 heteroatoms. The summed E-state index contributed by atoms with van der Waals surface area (Å²) in [5.74, 6) is 0.633. The molecule has 0 N–H and O–H groups in total. The third kappa shape index (κ3) is 5.02. The molecular weight excluding hydrogens is 705 g/mol. The van der Waals surface area contributed by atoms with Crippen molar-refractivity contribution in [2.75, 3.05) is 0 Å². The molecule has 0 aliphatic heterocycles. The van der Waals surface area contributed by atoms with Crippen LogP contribution in [-0.2, 0) is 0 Å². The van der Waals surface area contributed by atoms with Crippen LogP contribution < -0.4 is 0 Å². The van der Waals surface area contributed by atoms with E-state index in [4.69, 9.17) is 9.97 Å². The van der Waals surface area contributed by atoms with E-state index in [1.807, 2.05) is 0 Å². The van der Waals surface area contributed by atoms with E-state index in [9.17, 15) is 0 Å². The molecule has 12 rings (SSSR count). The Hall–Kier alpha value is -7.82. The molecule has 0 aliphatic rings. The number of aromatic nitrogens is 4. The van der Waals surface area contributed by atoms with Gasteiger partial charge in [0.05, 0.1) is 39.0 Å². The van der Waals surface area contributed by atoms with E-state index in [0.717, 1.165) is 38.9 Å². The summed E-state index contributed by atoms with van der Waals surface area (Å²) in [4.78, 5) is 10.8. The lowest BCUT2D eigenvalue weighted by atomic mass is 10.0. The molecule has 0 amide bonds. The Morgan fingerprint density at radius 1 is 0.310 bits per heavy atom. The maximum Gasteiger partial charge on any atom is 0.235 e. The van der Waals surface area contributed by atoms with E-state index in [2.05, 4.69) is 215 Å². The van der Waals surface area contributed by atoms with Crippen LogP contribution in [0.1, 0.15) is 0 Å². The van der Waals surface area contributed by atoms with E-state index in [0.29, 0.717) is 5.95 Å². The lowest BCUT2D eigenvalue weighted by Gasteiger charge is -2.13. The Kier molecular flexibility index (Phi) is 7.20. The summed E-state index contributed by atoms with van der Waals surface area (Å²) in [5, 5.41) is 7.29. The van der Waals surface area contributed by atoms with Crippen LogP contribution in [0.3, 0.4) is 0 Å². The molecule has 12 aromatic rings. The van der Waals surface area contributed by atoms with Crippen LogP contribution in [0.4, 0.5) is 0 Å². The molecule has 0 aliphatic carbocycles. The fourth-order valence-corrected chi connectivity index (χ4v) is 9.01. The second-order valence-corrected chi connectivity index (χ2v) is 15.0. The van der Waals surface area contributed by atoms with Crippen LogP contribution in [0.25, 0.3) is 111 Å². The van der Waals surface area contributed by atoms with Crippen LogP contribution in [-0.4, -0.2) is 18.9 Å². The molecule has 0 saturated heterocycles. The summed E-state index contributed by atoms with van der Waals surface area (Å²) in [5.41, 5.74) is 14.2. The first-order valence-electron chi connectivity index (χ1n) is 19.7. The molecule has 4 nitrogen and oxygen atoms in total. The molecule has 0 radical (unpaired) electrons. The van der Waals surface area contributed by atoms with Gasteiger partial charge in [-0.1, -0.05) is 176 Å². The zero-order chi connectivity index (χ0) is 38.2. The second kappa shape index (κ2) is 12.9. The summed E-state index contributed by atoms with van der Waals surface area (Å²) >= 11 is 0.